The molecule has 10 atom stereocenters. The Hall–Kier alpha value is -4.64. The van der Waals surface area contributed by atoms with E-state index in [1.165, 1.54) is 11.1 Å². The molecule has 16 heteroatoms. The first-order valence-corrected chi connectivity index (χ1v) is 34.7. The van der Waals surface area contributed by atoms with Crippen molar-refractivity contribution in [1.29, 1.82) is 0 Å². The molecule has 0 bridgehead atoms. The molecule has 4 saturated carbocycles. The van der Waals surface area contributed by atoms with E-state index in [1.807, 2.05) is 19.1 Å². The number of esters is 4. The van der Waals surface area contributed by atoms with E-state index >= 15 is 0 Å². The highest BCUT2D eigenvalue weighted by Gasteiger charge is 2.46. The van der Waals surface area contributed by atoms with E-state index in [9.17, 15) is 29.4 Å². The second-order valence-electron chi connectivity index (χ2n) is 32.6. The molecule has 514 valence electrons. The first-order chi connectivity index (χ1) is 42.6. The van der Waals surface area contributed by atoms with E-state index < -0.39 is 47.8 Å². The lowest BCUT2D eigenvalue weighted by Crippen LogP contribution is -2.42. The molecular formula is C75H118O16. The maximum Gasteiger partial charge on any atom is 0.310 e. The molecule has 2 saturated heterocycles. The molecule has 8 rings (SSSR count). The number of aliphatic hydroxyl groups is 2. The summed E-state index contributed by atoms with van der Waals surface area (Å²) in [6.45, 7) is 38.9. The van der Waals surface area contributed by atoms with Crippen molar-refractivity contribution >= 4 is 23.9 Å². The lowest BCUT2D eigenvalue weighted by Gasteiger charge is -2.46. The Labute approximate surface area is 546 Å². The van der Waals surface area contributed by atoms with Crippen LogP contribution in [0.3, 0.4) is 0 Å². The van der Waals surface area contributed by atoms with Crippen LogP contribution in [0.15, 0.2) is 24.3 Å². The molecule has 6 aliphatic rings. The number of hydrogen-bond donors (Lipinski definition) is 2. The molecule has 16 nitrogen and oxygen atoms in total. The number of rotatable bonds is 23. The van der Waals surface area contributed by atoms with Gasteiger partial charge in [0.2, 0.25) is 0 Å². The van der Waals surface area contributed by atoms with Gasteiger partial charge in [-0.05, 0) is 171 Å². The van der Waals surface area contributed by atoms with Crippen molar-refractivity contribution in [3.63, 3.8) is 0 Å². The second-order valence-corrected chi connectivity index (χ2v) is 32.6. The largest absolute Gasteiger partial charge is 0.496 e. The van der Waals surface area contributed by atoms with E-state index in [0.29, 0.717) is 75.4 Å². The molecule has 91 heavy (non-hydrogen) atoms. The van der Waals surface area contributed by atoms with Gasteiger partial charge in [0, 0.05) is 22.3 Å². The van der Waals surface area contributed by atoms with E-state index in [4.69, 9.17) is 47.4 Å². The van der Waals surface area contributed by atoms with Crippen LogP contribution < -0.4 is 18.9 Å². The lowest BCUT2D eigenvalue weighted by molar-refractivity contribution is -0.170. The minimum Gasteiger partial charge on any atom is -0.496 e. The highest BCUT2D eigenvalue weighted by molar-refractivity contribution is 5.83. The van der Waals surface area contributed by atoms with Crippen molar-refractivity contribution in [2.45, 2.75) is 272 Å². The summed E-state index contributed by atoms with van der Waals surface area (Å²) in [4.78, 5) is 54.2. The minimum absolute atomic E-state index is 0.00341. The summed E-state index contributed by atoms with van der Waals surface area (Å²) >= 11 is 0. The van der Waals surface area contributed by atoms with Gasteiger partial charge in [0.25, 0.3) is 0 Å². The summed E-state index contributed by atoms with van der Waals surface area (Å²) in [5.41, 5.74) is 3.83. The highest BCUT2D eigenvalue weighted by atomic mass is 16.6. The van der Waals surface area contributed by atoms with E-state index in [0.717, 1.165) is 99.2 Å². The Bertz CT molecular complexity index is 2700. The standard InChI is InChI=1S/C57H90O13.C18H28O3/c1-12-38(58)29-67-51(60)43-23-13-35(3)26-46(43)54(63)70-41-21-17-37(18-22-41)57(10,11)36-15-19-40(20-16-36)69-53(62)44-24-14-34(2)25-45(44)52(61)68-31-39(59)30-65-49-27-48(56(7,8)9)50(66-33-42-32-64-42)28-47(49)55(4,5)6;1-17(2,3)13-9-16(21-11-12-10-20-12)14(18(4,5)6)8-15(13)19-7/h27-28,34-46,58-59H,12-26,29-33H2,1-11H3;8-9,12H,10-11H2,1-7H3. The van der Waals surface area contributed by atoms with Gasteiger partial charge in [-0.15, -0.1) is 0 Å². The number of ether oxygens (including phenoxy) is 10. The Morgan fingerprint density at radius 2 is 0.802 bits per heavy atom. The summed E-state index contributed by atoms with van der Waals surface area (Å²) in [5.74, 6) is 1.04. The monoisotopic (exact) mass is 1270 g/mol. The molecular weight excluding hydrogens is 1160 g/mol. The molecule has 2 aromatic rings. The third kappa shape index (κ3) is 20.9. The quantitative estimate of drug-likeness (QED) is 0.0602. The average molecular weight is 1280 g/mol. The summed E-state index contributed by atoms with van der Waals surface area (Å²) in [6, 6.07) is 8.31. The average Bonchev–Trinajstić information content (AvgIpc) is 1.56. The molecule has 0 aromatic heterocycles. The first kappa shape index (κ1) is 73.8. The zero-order valence-electron chi connectivity index (χ0n) is 59.1. The SMILES string of the molecule is CCC(O)COC(=O)C1CCC(C)CC1C(=O)OC1CCC(C(C)(C)C2CCC(OC(=O)C3CCC(C)CC3C(=O)OCC(O)COc3cc(C(C)(C)C)c(OCC4CO4)cc3C(C)(C)C)CC2)CC1.COc1cc(C(C)(C)C)c(OCC2CO2)cc1C(C)(C)C. The highest BCUT2D eigenvalue weighted by Crippen LogP contribution is 2.50. The fraction of sp³-hybridized carbons (Fsp3) is 0.787. The molecule has 0 spiro atoms. The number of benzene rings is 2. The number of carbonyl (C=O) groups excluding carboxylic acids is 4. The number of methoxy groups -OCH3 is 1. The van der Waals surface area contributed by atoms with Crippen molar-refractivity contribution in [3.8, 4) is 23.0 Å². The summed E-state index contributed by atoms with van der Waals surface area (Å²) in [7, 11) is 1.73. The maximum atomic E-state index is 13.9. The number of carbonyl (C=O) groups is 4. The van der Waals surface area contributed by atoms with Crippen LogP contribution in [-0.2, 0) is 69.3 Å². The number of aliphatic hydroxyl groups excluding tert-OH is 2. The molecule has 2 aromatic carbocycles. The molecule has 2 N–H and O–H groups in total. The van der Waals surface area contributed by atoms with Crippen LogP contribution in [0.5, 0.6) is 23.0 Å². The molecule has 0 amide bonds. The van der Waals surface area contributed by atoms with E-state index in [2.05, 4.69) is 123 Å². The predicted molar refractivity (Wildman–Crippen MR) is 352 cm³/mol. The Morgan fingerprint density at radius 3 is 1.19 bits per heavy atom. The zero-order chi connectivity index (χ0) is 67.0. The van der Waals surface area contributed by atoms with Crippen molar-refractivity contribution in [1.82, 2.24) is 0 Å². The molecule has 6 fully saturated rings. The molecule has 2 heterocycles. The lowest BCUT2D eigenvalue weighted by atomic mass is 9.60. The van der Waals surface area contributed by atoms with Gasteiger partial charge >= 0.3 is 23.9 Å². The van der Waals surface area contributed by atoms with Gasteiger partial charge in [0.1, 0.15) is 86.6 Å². The predicted octanol–water partition coefficient (Wildman–Crippen LogP) is 14.1. The minimum atomic E-state index is -1.08. The third-order valence-electron chi connectivity index (χ3n) is 20.5. The van der Waals surface area contributed by atoms with Crippen molar-refractivity contribution in [2.75, 3.05) is 53.4 Å². The molecule has 2 aliphatic heterocycles. The van der Waals surface area contributed by atoms with Crippen LogP contribution >= 0.6 is 0 Å². The van der Waals surface area contributed by atoms with Crippen LogP contribution in [0.4, 0.5) is 0 Å². The Morgan fingerprint density at radius 1 is 0.462 bits per heavy atom. The first-order valence-electron chi connectivity index (χ1n) is 34.7. The van der Waals surface area contributed by atoms with E-state index in [1.54, 1.807) is 7.11 Å². The topological polar surface area (TPSA) is 208 Å². The summed E-state index contributed by atoms with van der Waals surface area (Å²) < 4.78 is 58.3. The number of epoxide rings is 2. The third-order valence-corrected chi connectivity index (χ3v) is 20.5. The van der Waals surface area contributed by atoms with Crippen molar-refractivity contribution in [2.24, 2.45) is 52.8 Å². The van der Waals surface area contributed by atoms with Crippen LogP contribution in [0, 0.1) is 52.8 Å². The van der Waals surface area contributed by atoms with Gasteiger partial charge in [-0.25, -0.2) is 0 Å². The fourth-order valence-corrected chi connectivity index (χ4v) is 14.1. The fourth-order valence-electron chi connectivity index (χ4n) is 14.1. The van der Waals surface area contributed by atoms with E-state index in [-0.39, 0.29) is 89.2 Å². The molecule has 0 radical (unpaired) electrons. The van der Waals surface area contributed by atoms with Gasteiger partial charge in [-0.2, -0.15) is 0 Å². The Kier molecular flexibility index (Phi) is 25.4. The van der Waals surface area contributed by atoms with Gasteiger partial charge in [0.05, 0.1) is 50.1 Å². The summed E-state index contributed by atoms with van der Waals surface area (Å²) in [5, 5.41) is 21.0. The normalized spacial score (nSPS) is 27.8. The molecule has 10 unspecified atom stereocenters. The zero-order valence-corrected chi connectivity index (χ0v) is 59.1. The van der Waals surface area contributed by atoms with Crippen molar-refractivity contribution < 1.29 is 76.8 Å². The maximum absolute atomic E-state index is 13.9. The van der Waals surface area contributed by atoms with Gasteiger partial charge in [-0.1, -0.05) is 118 Å². The van der Waals surface area contributed by atoms with Crippen LogP contribution in [-0.4, -0.2) is 124 Å². The smallest absolute Gasteiger partial charge is 0.310 e. The van der Waals surface area contributed by atoms with Crippen LogP contribution in [0.2, 0.25) is 0 Å². The molecule has 4 aliphatic carbocycles. The van der Waals surface area contributed by atoms with Gasteiger partial charge in [0.15, 0.2) is 0 Å². The van der Waals surface area contributed by atoms with Crippen LogP contribution in [0.1, 0.15) is 236 Å². The van der Waals surface area contributed by atoms with Crippen molar-refractivity contribution in [3.05, 3.63) is 46.5 Å². The van der Waals surface area contributed by atoms with Gasteiger partial charge in [-0.3, -0.25) is 19.2 Å². The Balaban J connectivity index is 0.000000471. The van der Waals surface area contributed by atoms with Gasteiger partial charge < -0.3 is 57.6 Å². The summed E-state index contributed by atoms with van der Waals surface area (Å²) in [6.07, 6.45) is 9.64. The van der Waals surface area contributed by atoms with Crippen LogP contribution in [0.25, 0.3) is 0 Å². The second kappa shape index (κ2) is 31.3. The number of hydrogen-bond acceptors (Lipinski definition) is 16.